The van der Waals surface area contributed by atoms with Gasteiger partial charge < -0.3 is 0 Å². The molecule has 0 radical (unpaired) electrons. The van der Waals surface area contributed by atoms with Crippen LogP contribution in [0, 0.1) is 0 Å². The van der Waals surface area contributed by atoms with E-state index in [1.54, 1.807) is 0 Å². The molecule has 0 aliphatic rings. The summed E-state index contributed by atoms with van der Waals surface area (Å²) >= 11 is 0. The lowest BCUT2D eigenvalue weighted by atomic mass is 10.0. The Kier molecular flexibility index (Phi) is 4.46. The molecule has 0 atom stereocenters. The smallest absolute Gasteiger partial charge is 0.165 e. The Bertz CT molecular complexity index is 1800. The molecule has 0 bridgehead atoms. The molecule has 0 unspecified atom stereocenters. The molecular weight excluding hydrogens is 426 g/mol. The average molecular weight is 448 g/mol. The van der Waals surface area contributed by atoms with E-state index >= 15 is 0 Å². The molecule has 0 aliphatic heterocycles. The van der Waals surface area contributed by atoms with Crippen molar-refractivity contribution in [3.8, 4) is 28.2 Å². The number of nitrogens with zero attached hydrogens (tertiary/aromatic N) is 3. The highest BCUT2D eigenvalue weighted by atomic mass is 15.1. The minimum atomic E-state index is 0.839. The van der Waals surface area contributed by atoms with Gasteiger partial charge in [-0.1, -0.05) is 97.1 Å². The molecule has 3 nitrogen and oxygen atoms in total. The van der Waals surface area contributed by atoms with Crippen molar-refractivity contribution in [3.63, 3.8) is 0 Å². The third kappa shape index (κ3) is 3.21. The molecule has 7 aromatic rings. The first kappa shape index (κ1) is 19.7. The summed E-state index contributed by atoms with van der Waals surface area (Å²) in [7, 11) is 0. The van der Waals surface area contributed by atoms with Crippen LogP contribution in [0.25, 0.3) is 61.0 Å². The van der Waals surface area contributed by atoms with Crippen molar-refractivity contribution in [2.24, 2.45) is 0 Å². The molecule has 0 N–H and O–H groups in total. The highest BCUT2D eigenvalue weighted by molar-refractivity contribution is 6.09. The lowest BCUT2D eigenvalue weighted by Crippen LogP contribution is -2.03. The summed E-state index contributed by atoms with van der Waals surface area (Å²) in [5.41, 5.74) is 8.27. The molecule has 0 saturated carbocycles. The van der Waals surface area contributed by atoms with Crippen molar-refractivity contribution in [1.29, 1.82) is 0 Å². The van der Waals surface area contributed by atoms with Crippen molar-refractivity contribution in [2.75, 3.05) is 0 Å². The monoisotopic (exact) mass is 447 g/mol. The molecule has 2 heterocycles. The maximum absolute atomic E-state index is 5.20. The SMILES string of the molecule is c1ccc(-c2cccc(-c3nc4ccccc4nc3-n3c4ccccc4c4ccccc43)c2)cc1. The molecule has 164 valence electrons. The number of benzene rings is 5. The van der Waals surface area contributed by atoms with Crippen LogP contribution in [0.15, 0.2) is 127 Å². The van der Waals surface area contributed by atoms with Gasteiger partial charge in [-0.05, 0) is 41.5 Å². The molecule has 0 saturated heterocycles. The molecule has 5 aromatic carbocycles. The van der Waals surface area contributed by atoms with Crippen molar-refractivity contribution in [1.82, 2.24) is 14.5 Å². The largest absolute Gasteiger partial charge is 0.292 e. The summed E-state index contributed by atoms with van der Waals surface area (Å²) in [6.45, 7) is 0. The van der Waals surface area contributed by atoms with Crippen LogP contribution in [0.4, 0.5) is 0 Å². The van der Waals surface area contributed by atoms with Gasteiger partial charge in [-0.2, -0.15) is 0 Å². The van der Waals surface area contributed by atoms with Crippen molar-refractivity contribution >= 4 is 32.8 Å². The second-order valence-corrected chi connectivity index (χ2v) is 8.70. The van der Waals surface area contributed by atoms with Crippen molar-refractivity contribution < 1.29 is 0 Å². The van der Waals surface area contributed by atoms with Gasteiger partial charge in [-0.3, -0.25) is 4.57 Å². The molecule has 0 fully saturated rings. The number of para-hydroxylation sites is 4. The van der Waals surface area contributed by atoms with Crippen LogP contribution < -0.4 is 0 Å². The summed E-state index contributed by atoms with van der Waals surface area (Å²) in [5.74, 6) is 0.839. The average Bonchev–Trinajstić information content (AvgIpc) is 3.27. The summed E-state index contributed by atoms with van der Waals surface area (Å²) in [6.07, 6.45) is 0. The summed E-state index contributed by atoms with van der Waals surface area (Å²) in [5, 5.41) is 2.42. The Labute approximate surface area is 203 Å². The van der Waals surface area contributed by atoms with E-state index in [0.29, 0.717) is 0 Å². The quantitative estimate of drug-likeness (QED) is 0.274. The standard InChI is InChI=1S/C32H21N3/c1-2-11-22(12-3-1)23-13-10-14-24(21-23)31-32(34-28-18-7-6-17-27(28)33-31)35-29-19-8-4-15-25(29)26-16-5-9-20-30(26)35/h1-21H. The van der Waals surface area contributed by atoms with Crippen LogP contribution >= 0.6 is 0 Å². The van der Waals surface area contributed by atoms with Crippen molar-refractivity contribution in [3.05, 3.63) is 127 Å². The van der Waals surface area contributed by atoms with E-state index in [1.165, 1.54) is 16.3 Å². The minimum Gasteiger partial charge on any atom is -0.292 e. The second kappa shape index (κ2) is 7.93. The van der Waals surface area contributed by atoms with Crippen LogP contribution in [0.3, 0.4) is 0 Å². The van der Waals surface area contributed by atoms with Crippen LogP contribution in [-0.2, 0) is 0 Å². The fourth-order valence-electron chi connectivity index (χ4n) is 4.97. The number of aromatic nitrogens is 3. The van der Waals surface area contributed by atoms with E-state index in [-0.39, 0.29) is 0 Å². The lowest BCUT2D eigenvalue weighted by molar-refractivity contribution is 1.08. The number of hydrogen-bond acceptors (Lipinski definition) is 2. The highest BCUT2D eigenvalue weighted by Gasteiger charge is 2.19. The first-order valence-corrected chi connectivity index (χ1v) is 11.8. The van der Waals surface area contributed by atoms with Crippen LogP contribution in [0.1, 0.15) is 0 Å². The van der Waals surface area contributed by atoms with E-state index < -0.39 is 0 Å². The Morgan fingerprint density at radius 1 is 0.429 bits per heavy atom. The number of rotatable bonds is 3. The Morgan fingerprint density at radius 3 is 1.69 bits per heavy atom. The molecular formula is C32H21N3. The first-order chi connectivity index (χ1) is 17.4. The molecule has 7 rings (SSSR count). The van der Waals surface area contributed by atoms with Gasteiger partial charge in [0.1, 0.15) is 5.69 Å². The molecule has 0 aliphatic carbocycles. The van der Waals surface area contributed by atoms with Gasteiger partial charge in [0.15, 0.2) is 5.82 Å². The number of fused-ring (bicyclic) bond motifs is 4. The van der Waals surface area contributed by atoms with Gasteiger partial charge in [0.25, 0.3) is 0 Å². The van der Waals surface area contributed by atoms with E-state index in [1.807, 2.05) is 30.3 Å². The normalized spacial score (nSPS) is 11.4. The zero-order chi connectivity index (χ0) is 23.2. The fourth-order valence-corrected chi connectivity index (χ4v) is 4.97. The van der Waals surface area contributed by atoms with E-state index in [4.69, 9.17) is 9.97 Å². The van der Waals surface area contributed by atoms with Gasteiger partial charge >= 0.3 is 0 Å². The van der Waals surface area contributed by atoms with Gasteiger partial charge in [0.2, 0.25) is 0 Å². The fraction of sp³-hybridized carbons (Fsp3) is 0. The molecule has 2 aromatic heterocycles. The second-order valence-electron chi connectivity index (χ2n) is 8.70. The maximum atomic E-state index is 5.20. The topological polar surface area (TPSA) is 30.7 Å². The zero-order valence-corrected chi connectivity index (χ0v) is 19.0. The van der Waals surface area contributed by atoms with E-state index in [9.17, 15) is 0 Å². The third-order valence-corrected chi connectivity index (χ3v) is 6.59. The zero-order valence-electron chi connectivity index (χ0n) is 19.0. The van der Waals surface area contributed by atoms with Gasteiger partial charge in [-0.15, -0.1) is 0 Å². The van der Waals surface area contributed by atoms with E-state index in [0.717, 1.165) is 44.7 Å². The molecule has 0 spiro atoms. The predicted octanol–water partition coefficient (Wildman–Crippen LogP) is 8.06. The first-order valence-electron chi connectivity index (χ1n) is 11.8. The van der Waals surface area contributed by atoms with Crippen molar-refractivity contribution in [2.45, 2.75) is 0 Å². The molecule has 35 heavy (non-hydrogen) atoms. The number of hydrogen-bond donors (Lipinski definition) is 0. The predicted molar refractivity (Wildman–Crippen MR) is 145 cm³/mol. The lowest BCUT2D eigenvalue weighted by Gasteiger charge is -2.14. The Morgan fingerprint density at radius 2 is 0.971 bits per heavy atom. The molecule has 0 amide bonds. The maximum Gasteiger partial charge on any atom is 0.165 e. The van der Waals surface area contributed by atoms with Gasteiger partial charge in [0, 0.05) is 16.3 Å². The van der Waals surface area contributed by atoms with Crippen LogP contribution in [0.5, 0.6) is 0 Å². The highest BCUT2D eigenvalue weighted by Crippen LogP contribution is 2.36. The van der Waals surface area contributed by atoms with Crippen LogP contribution in [-0.4, -0.2) is 14.5 Å². The van der Waals surface area contributed by atoms with Gasteiger partial charge in [-0.25, -0.2) is 9.97 Å². The Hall–Kier alpha value is -4.76. The van der Waals surface area contributed by atoms with E-state index in [2.05, 4.69) is 102 Å². The minimum absolute atomic E-state index is 0.839. The Balaban J connectivity index is 1.57. The summed E-state index contributed by atoms with van der Waals surface area (Å²) < 4.78 is 2.26. The van der Waals surface area contributed by atoms with Gasteiger partial charge in [0.05, 0.1) is 22.1 Å². The molecule has 3 heteroatoms. The summed E-state index contributed by atoms with van der Waals surface area (Å²) in [6, 6.07) is 44.2. The summed E-state index contributed by atoms with van der Waals surface area (Å²) in [4.78, 5) is 10.4. The van der Waals surface area contributed by atoms with Crippen LogP contribution in [0.2, 0.25) is 0 Å². The third-order valence-electron chi connectivity index (χ3n) is 6.59.